The lowest BCUT2D eigenvalue weighted by molar-refractivity contribution is 0.356. The van der Waals surface area contributed by atoms with E-state index in [-0.39, 0.29) is 0 Å². The average molecular weight is 379 g/mol. The first kappa shape index (κ1) is 18.5. The van der Waals surface area contributed by atoms with Gasteiger partial charge in [0.15, 0.2) is 11.5 Å². The van der Waals surface area contributed by atoms with Gasteiger partial charge in [0.25, 0.3) is 0 Å². The number of anilines is 1. The fourth-order valence-corrected chi connectivity index (χ4v) is 3.36. The van der Waals surface area contributed by atoms with Crippen LogP contribution in [0, 0.1) is 0 Å². The monoisotopic (exact) mass is 379 g/mol. The number of benzene rings is 1. The molecule has 1 aromatic carbocycles. The molecule has 3 rings (SSSR count). The van der Waals surface area contributed by atoms with Crippen molar-refractivity contribution in [1.29, 1.82) is 0 Å². The van der Waals surface area contributed by atoms with Crippen molar-refractivity contribution in [3.8, 4) is 11.5 Å². The number of ether oxygens (including phenoxy) is 2. The first-order valence-electron chi connectivity index (χ1n) is 8.31. The van der Waals surface area contributed by atoms with Crippen molar-refractivity contribution in [2.45, 2.75) is 19.3 Å². The number of fused-ring (bicyclic) bond motifs is 1. The molecule has 2 aromatic rings. The number of rotatable bonds is 5. The number of nitrogens with zero attached hydrogens (tertiary/aromatic N) is 3. The molecule has 0 bridgehead atoms. The van der Waals surface area contributed by atoms with E-state index in [1.807, 2.05) is 12.1 Å². The summed E-state index contributed by atoms with van der Waals surface area (Å²) in [6, 6.07) is 3.74. The first-order chi connectivity index (χ1) is 12.6. The topological polar surface area (TPSA) is 94.0 Å². The molecule has 9 heteroatoms. The number of hydrogen-bond donors (Lipinski definition) is 1. The molecule has 1 atom stereocenters. The molecule has 0 saturated carbocycles. The van der Waals surface area contributed by atoms with E-state index in [1.54, 1.807) is 20.5 Å². The molecular formula is C17H22N3O5P. The van der Waals surface area contributed by atoms with Crippen molar-refractivity contribution in [3.63, 3.8) is 0 Å². The summed E-state index contributed by atoms with van der Waals surface area (Å²) < 4.78 is 26.3. The second-order valence-electron chi connectivity index (χ2n) is 5.92. The van der Waals surface area contributed by atoms with Crippen LogP contribution in [0.25, 0.3) is 10.9 Å². The highest BCUT2D eigenvalue weighted by atomic mass is 31.1. The van der Waals surface area contributed by atoms with E-state index < -0.39 is 8.25 Å². The van der Waals surface area contributed by atoms with Crippen LogP contribution in [0.5, 0.6) is 11.5 Å². The second-order valence-corrected chi connectivity index (χ2v) is 6.69. The number of aromatic nitrogens is 2. The molecule has 1 aliphatic heterocycles. The van der Waals surface area contributed by atoms with Gasteiger partial charge in [0.1, 0.15) is 12.1 Å². The van der Waals surface area contributed by atoms with Crippen LogP contribution < -0.4 is 14.4 Å². The molecule has 26 heavy (non-hydrogen) atoms. The Morgan fingerprint density at radius 1 is 1.15 bits per heavy atom. The van der Waals surface area contributed by atoms with Gasteiger partial charge in [0.2, 0.25) is 0 Å². The Hall–Kier alpha value is -2.31. The third-order valence-electron chi connectivity index (χ3n) is 4.37. The molecule has 1 fully saturated rings. The van der Waals surface area contributed by atoms with E-state index in [0.29, 0.717) is 11.5 Å². The second kappa shape index (κ2) is 8.38. The standard InChI is InChI=1S/C17H22N3O5P/c1-23-15-8-13-14(9-16(15)24-2)18-11-19-17(13)20-6-3-4-12(5-7-20)10-25-26(21)22/h8-11,26H,3-7H2,1-2H3,(H,21,22). The summed E-state index contributed by atoms with van der Waals surface area (Å²) in [5.74, 6) is 2.10. The van der Waals surface area contributed by atoms with Crippen LogP contribution in [0.4, 0.5) is 5.82 Å². The molecule has 1 N–H and O–H groups in total. The first-order valence-corrected chi connectivity index (χ1v) is 9.58. The Balaban J connectivity index is 1.90. The van der Waals surface area contributed by atoms with Gasteiger partial charge in [-0.1, -0.05) is 0 Å². The lowest BCUT2D eigenvalue weighted by Gasteiger charge is -2.23. The third kappa shape index (κ3) is 4.08. The molecule has 1 aromatic heterocycles. The molecular weight excluding hydrogens is 357 g/mol. The molecule has 140 valence electrons. The summed E-state index contributed by atoms with van der Waals surface area (Å²) >= 11 is 0. The highest BCUT2D eigenvalue weighted by Gasteiger charge is 2.18. The van der Waals surface area contributed by atoms with Gasteiger partial charge in [0.05, 0.1) is 26.0 Å². The van der Waals surface area contributed by atoms with Crippen LogP contribution in [-0.4, -0.2) is 42.2 Å². The highest BCUT2D eigenvalue weighted by Crippen LogP contribution is 2.35. The molecule has 8 nitrogen and oxygen atoms in total. The van der Waals surface area contributed by atoms with Gasteiger partial charge >= 0.3 is 8.25 Å². The number of hydrogen-bond acceptors (Lipinski definition) is 7. The van der Waals surface area contributed by atoms with Crippen molar-refractivity contribution in [1.82, 2.24) is 9.97 Å². The van der Waals surface area contributed by atoms with Crippen LogP contribution in [0.15, 0.2) is 30.3 Å². The SMILES string of the molecule is COc1cc2ncnc(N3CCCC(=CO[PH](=O)O)CC3)c2cc1OC. The van der Waals surface area contributed by atoms with Gasteiger partial charge in [-0.25, -0.2) is 14.5 Å². The normalized spacial score (nSPS) is 17.8. The van der Waals surface area contributed by atoms with Gasteiger partial charge in [0, 0.05) is 24.5 Å². The number of methoxy groups -OCH3 is 2. The molecule has 0 spiro atoms. The lowest BCUT2D eigenvalue weighted by Crippen LogP contribution is -2.25. The smallest absolute Gasteiger partial charge is 0.364 e. The van der Waals surface area contributed by atoms with Crippen molar-refractivity contribution in [3.05, 3.63) is 30.3 Å². The van der Waals surface area contributed by atoms with Crippen LogP contribution >= 0.6 is 8.25 Å². The van der Waals surface area contributed by atoms with Crippen molar-refractivity contribution >= 4 is 25.0 Å². The van der Waals surface area contributed by atoms with Crippen molar-refractivity contribution < 1.29 is 23.5 Å². The Labute approximate surface area is 152 Å². The minimum atomic E-state index is -2.94. The summed E-state index contributed by atoms with van der Waals surface area (Å²) in [4.78, 5) is 19.8. The van der Waals surface area contributed by atoms with E-state index in [1.165, 1.54) is 6.26 Å². The fourth-order valence-electron chi connectivity index (χ4n) is 3.10. The largest absolute Gasteiger partial charge is 0.493 e. The molecule has 1 saturated heterocycles. The van der Waals surface area contributed by atoms with E-state index in [4.69, 9.17) is 18.9 Å². The zero-order valence-corrected chi connectivity index (χ0v) is 15.8. The lowest BCUT2D eigenvalue weighted by atomic mass is 10.1. The minimum absolute atomic E-state index is 0.627. The molecule has 2 heterocycles. The van der Waals surface area contributed by atoms with Gasteiger partial charge in [-0.05, 0) is 30.9 Å². The van der Waals surface area contributed by atoms with Crippen LogP contribution in [-0.2, 0) is 9.09 Å². The zero-order chi connectivity index (χ0) is 18.5. The zero-order valence-electron chi connectivity index (χ0n) is 14.8. The fraction of sp³-hybridized carbons (Fsp3) is 0.412. The maximum atomic E-state index is 10.7. The maximum Gasteiger partial charge on any atom is 0.364 e. The summed E-state index contributed by atoms with van der Waals surface area (Å²) in [6.45, 7) is 1.56. The van der Waals surface area contributed by atoms with Crippen LogP contribution in [0.2, 0.25) is 0 Å². The Kier molecular flexibility index (Phi) is 5.96. The van der Waals surface area contributed by atoms with Crippen LogP contribution in [0.3, 0.4) is 0 Å². The van der Waals surface area contributed by atoms with Crippen molar-refractivity contribution in [2.75, 3.05) is 32.2 Å². The summed E-state index contributed by atoms with van der Waals surface area (Å²) in [5, 5.41) is 0.897. The van der Waals surface area contributed by atoms with Crippen molar-refractivity contribution in [2.24, 2.45) is 0 Å². The quantitative estimate of drug-likeness (QED) is 0.626. The average Bonchev–Trinajstić information content (AvgIpc) is 2.90. The Bertz CT molecular complexity index is 843. The summed E-state index contributed by atoms with van der Waals surface area (Å²) in [7, 11) is 0.256. The molecule has 1 unspecified atom stereocenters. The molecule has 0 amide bonds. The molecule has 0 aliphatic carbocycles. The Morgan fingerprint density at radius 2 is 1.92 bits per heavy atom. The van der Waals surface area contributed by atoms with Gasteiger partial charge in [-0.3, -0.25) is 0 Å². The molecule has 0 radical (unpaired) electrons. The predicted molar refractivity (Wildman–Crippen MR) is 99.1 cm³/mol. The van der Waals surface area contributed by atoms with Gasteiger partial charge in [-0.15, -0.1) is 0 Å². The minimum Gasteiger partial charge on any atom is -0.493 e. The predicted octanol–water partition coefficient (Wildman–Crippen LogP) is 2.92. The summed E-state index contributed by atoms with van der Waals surface area (Å²) in [5.41, 5.74) is 1.81. The highest BCUT2D eigenvalue weighted by molar-refractivity contribution is 7.32. The Morgan fingerprint density at radius 3 is 2.65 bits per heavy atom. The molecule has 1 aliphatic rings. The third-order valence-corrected chi connectivity index (χ3v) is 4.69. The van der Waals surface area contributed by atoms with E-state index in [2.05, 4.69) is 14.9 Å². The van der Waals surface area contributed by atoms with Gasteiger partial charge in [-0.2, -0.15) is 0 Å². The summed E-state index contributed by atoms with van der Waals surface area (Å²) in [6.07, 6.45) is 5.45. The van der Waals surface area contributed by atoms with E-state index in [0.717, 1.165) is 54.6 Å². The van der Waals surface area contributed by atoms with Gasteiger partial charge < -0.3 is 23.8 Å². The van der Waals surface area contributed by atoms with Crippen LogP contribution in [0.1, 0.15) is 19.3 Å². The van der Waals surface area contributed by atoms with E-state index in [9.17, 15) is 4.57 Å². The maximum absolute atomic E-state index is 10.7. The van der Waals surface area contributed by atoms with E-state index >= 15 is 0 Å².